The first-order chi connectivity index (χ1) is 8.85. The molecule has 1 aromatic carbocycles. The minimum atomic E-state index is -0.00796. The molecular formula is C15H20N2O. The second kappa shape index (κ2) is 6.38. The SMILES string of the molecule is CCn1cccc1CNC(CO)c1ccccc1. The number of rotatable bonds is 6. The fourth-order valence-corrected chi connectivity index (χ4v) is 2.12. The van der Waals surface area contributed by atoms with E-state index in [4.69, 9.17) is 0 Å². The molecule has 1 unspecified atom stereocenters. The summed E-state index contributed by atoms with van der Waals surface area (Å²) < 4.78 is 2.20. The van der Waals surface area contributed by atoms with Crippen LogP contribution in [0.25, 0.3) is 0 Å². The van der Waals surface area contributed by atoms with Gasteiger partial charge in [-0.3, -0.25) is 0 Å². The summed E-state index contributed by atoms with van der Waals surface area (Å²) in [6.07, 6.45) is 2.08. The fourth-order valence-electron chi connectivity index (χ4n) is 2.12. The Balaban J connectivity index is 2.00. The largest absolute Gasteiger partial charge is 0.394 e. The second-order valence-corrected chi connectivity index (χ2v) is 4.31. The summed E-state index contributed by atoms with van der Waals surface area (Å²) in [4.78, 5) is 0. The molecule has 0 aliphatic rings. The van der Waals surface area contributed by atoms with Crippen molar-refractivity contribution in [3.63, 3.8) is 0 Å². The fraction of sp³-hybridized carbons (Fsp3) is 0.333. The van der Waals surface area contributed by atoms with Crippen molar-refractivity contribution in [2.24, 2.45) is 0 Å². The third-order valence-corrected chi connectivity index (χ3v) is 3.18. The molecule has 3 nitrogen and oxygen atoms in total. The Labute approximate surface area is 108 Å². The Kier molecular flexibility index (Phi) is 4.56. The molecule has 18 heavy (non-hydrogen) atoms. The van der Waals surface area contributed by atoms with Crippen LogP contribution in [0.1, 0.15) is 24.2 Å². The molecule has 0 saturated heterocycles. The molecule has 1 heterocycles. The molecule has 2 N–H and O–H groups in total. The summed E-state index contributed by atoms with van der Waals surface area (Å²) in [5.41, 5.74) is 2.36. The van der Waals surface area contributed by atoms with E-state index >= 15 is 0 Å². The van der Waals surface area contributed by atoms with Crippen LogP contribution in [0.2, 0.25) is 0 Å². The molecule has 0 radical (unpaired) electrons. The Morgan fingerprint density at radius 2 is 1.94 bits per heavy atom. The van der Waals surface area contributed by atoms with E-state index in [1.165, 1.54) is 5.69 Å². The van der Waals surface area contributed by atoms with Gasteiger partial charge in [0.2, 0.25) is 0 Å². The zero-order chi connectivity index (χ0) is 12.8. The van der Waals surface area contributed by atoms with Crippen molar-refractivity contribution in [1.29, 1.82) is 0 Å². The van der Waals surface area contributed by atoms with Crippen molar-refractivity contribution in [3.05, 3.63) is 59.9 Å². The van der Waals surface area contributed by atoms with Crippen LogP contribution in [0, 0.1) is 0 Å². The van der Waals surface area contributed by atoms with Gasteiger partial charge in [0.25, 0.3) is 0 Å². The highest BCUT2D eigenvalue weighted by Crippen LogP contribution is 2.13. The van der Waals surface area contributed by atoms with Crippen molar-refractivity contribution >= 4 is 0 Å². The van der Waals surface area contributed by atoms with E-state index in [0.29, 0.717) is 0 Å². The highest BCUT2D eigenvalue weighted by Gasteiger charge is 2.09. The van der Waals surface area contributed by atoms with Gasteiger partial charge in [0, 0.05) is 25.0 Å². The Morgan fingerprint density at radius 3 is 2.61 bits per heavy atom. The Bertz CT molecular complexity index is 464. The molecule has 0 amide bonds. The number of hydrogen-bond donors (Lipinski definition) is 2. The minimum absolute atomic E-state index is 0.00796. The normalized spacial score (nSPS) is 12.6. The summed E-state index contributed by atoms with van der Waals surface area (Å²) in [7, 11) is 0. The van der Waals surface area contributed by atoms with Crippen molar-refractivity contribution in [3.8, 4) is 0 Å². The van der Waals surface area contributed by atoms with Gasteiger partial charge in [0.1, 0.15) is 0 Å². The van der Waals surface area contributed by atoms with Gasteiger partial charge in [-0.25, -0.2) is 0 Å². The van der Waals surface area contributed by atoms with Gasteiger partial charge in [-0.15, -0.1) is 0 Å². The van der Waals surface area contributed by atoms with E-state index < -0.39 is 0 Å². The monoisotopic (exact) mass is 244 g/mol. The van der Waals surface area contributed by atoms with Gasteiger partial charge >= 0.3 is 0 Å². The van der Waals surface area contributed by atoms with Crippen molar-refractivity contribution in [1.82, 2.24) is 9.88 Å². The third-order valence-electron chi connectivity index (χ3n) is 3.18. The number of nitrogens with zero attached hydrogens (tertiary/aromatic N) is 1. The number of nitrogens with one attached hydrogen (secondary N) is 1. The molecule has 3 heteroatoms. The average molecular weight is 244 g/mol. The molecular weight excluding hydrogens is 224 g/mol. The van der Waals surface area contributed by atoms with Gasteiger partial charge < -0.3 is 15.0 Å². The maximum Gasteiger partial charge on any atom is 0.0626 e. The van der Waals surface area contributed by atoms with Gasteiger partial charge in [-0.1, -0.05) is 30.3 Å². The maximum absolute atomic E-state index is 9.47. The molecule has 1 aromatic heterocycles. The lowest BCUT2D eigenvalue weighted by atomic mass is 10.1. The minimum Gasteiger partial charge on any atom is -0.394 e. The van der Waals surface area contributed by atoms with Crippen molar-refractivity contribution in [2.75, 3.05) is 6.61 Å². The van der Waals surface area contributed by atoms with Crippen LogP contribution in [-0.2, 0) is 13.1 Å². The predicted octanol–water partition coefficient (Wildman–Crippen LogP) is 2.33. The zero-order valence-corrected chi connectivity index (χ0v) is 10.7. The first kappa shape index (κ1) is 12.9. The topological polar surface area (TPSA) is 37.2 Å². The van der Waals surface area contributed by atoms with Gasteiger partial charge in [-0.2, -0.15) is 0 Å². The number of aromatic nitrogens is 1. The van der Waals surface area contributed by atoms with Gasteiger partial charge in [0.15, 0.2) is 0 Å². The van der Waals surface area contributed by atoms with Crippen molar-refractivity contribution < 1.29 is 5.11 Å². The maximum atomic E-state index is 9.47. The van der Waals surface area contributed by atoms with Crippen LogP contribution < -0.4 is 5.32 Å². The summed E-state index contributed by atoms with van der Waals surface area (Å²) in [5, 5.41) is 12.9. The smallest absolute Gasteiger partial charge is 0.0626 e. The Morgan fingerprint density at radius 1 is 1.17 bits per heavy atom. The number of aliphatic hydroxyl groups is 1. The Hall–Kier alpha value is -1.58. The van der Waals surface area contributed by atoms with Crippen LogP contribution >= 0.6 is 0 Å². The van der Waals surface area contributed by atoms with Gasteiger partial charge in [0.05, 0.1) is 12.6 Å². The molecule has 0 aliphatic heterocycles. The molecule has 0 spiro atoms. The first-order valence-electron chi connectivity index (χ1n) is 6.38. The molecule has 2 aromatic rings. The molecule has 0 saturated carbocycles. The second-order valence-electron chi connectivity index (χ2n) is 4.31. The van der Waals surface area contributed by atoms with E-state index in [2.05, 4.69) is 35.1 Å². The van der Waals surface area contributed by atoms with E-state index in [0.717, 1.165) is 18.7 Å². The molecule has 0 fully saturated rings. The van der Waals surface area contributed by atoms with E-state index in [-0.39, 0.29) is 12.6 Å². The van der Waals surface area contributed by atoms with E-state index in [9.17, 15) is 5.11 Å². The molecule has 0 bridgehead atoms. The van der Waals surface area contributed by atoms with E-state index in [1.807, 2.05) is 30.3 Å². The summed E-state index contributed by atoms with van der Waals surface area (Å²) >= 11 is 0. The number of hydrogen-bond acceptors (Lipinski definition) is 2. The highest BCUT2D eigenvalue weighted by atomic mass is 16.3. The van der Waals surface area contributed by atoms with Gasteiger partial charge in [-0.05, 0) is 24.6 Å². The summed E-state index contributed by atoms with van der Waals surface area (Å²) in [6, 6.07) is 14.2. The lowest BCUT2D eigenvalue weighted by molar-refractivity contribution is 0.243. The average Bonchev–Trinajstić information content (AvgIpc) is 2.88. The zero-order valence-electron chi connectivity index (χ0n) is 10.7. The third kappa shape index (κ3) is 3.00. The molecule has 96 valence electrons. The number of benzene rings is 1. The molecule has 1 atom stereocenters. The lowest BCUT2D eigenvalue weighted by Gasteiger charge is -2.17. The predicted molar refractivity (Wildman–Crippen MR) is 73.2 cm³/mol. The van der Waals surface area contributed by atoms with Crippen LogP contribution in [0.15, 0.2) is 48.7 Å². The molecule has 0 aliphatic carbocycles. The van der Waals surface area contributed by atoms with Crippen molar-refractivity contribution in [2.45, 2.75) is 26.1 Å². The standard InChI is InChI=1S/C15H20N2O/c1-2-17-10-6-9-14(17)11-16-15(12-18)13-7-4-3-5-8-13/h3-10,15-16,18H,2,11-12H2,1H3. The highest BCUT2D eigenvalue weighted by molar-refractivity contribution is 5.19. The lowest BCUT2D eigenvalue weighted by Crippen LogP contribution is -2.25. The van der Waals surface area contributed by atoms with Crippen LogP contribution in [-0.4, -0.2) is 16.3 Å². The summed E-state index contributed by atoms with van der Waals surface area (Å²) in [5.74, 6) is 0. The number of aliphatic hydroxyl groups excluding tert-OH is 1. The van der Waals surface area contributed by atoms with Crippen LogP contribution in [0.3, 0.4) is 0 Å². The molecule has 2 rings (SSSR count). The van der Waals surface area contributed by atoms with Crippen LogP contribution in [0.4, 0.5) is 0 Å². The first-order valence-corrected chi connectivity index (χ1v) is 6.38. The van der Waals surface area contributed by atoms with Crippen LogP contribution in [0.5, 0.6) is 0 Å². The quantitative estimate of drug-likeness (QED) is 0.818. The van der Waals surface area contributed by atoms with E-state index in [1.54, 1.807) is 0 Å². The summed E-state index contributed by atoms with van der Waals surface area (Å²) in [6.45, 7) is 3.97. The number of aryl methyl sites for hydroxylation is 1.